The van der Waals surface area contributed by atoms with E-state index in [1.54, 1.807) is 18.7 Å². The summed E-state index contributed by atoms with van der Waals surface area (Å²) in [7, 11) is 0. The summed E-state index contributed by atoms with van der Waals surface area (Å²) in [5.41, 5.74) is 1.27. The van der Waals surface area contributed by atoms with Gasteiger partial charge in [0.15, 0.2) is 0 Å². The van der Waals surface area contributed by atoms with Gasteiger partial charge in [0.05, 0.1) is 19.5 Å². The molecule has 1 N–H and O–H groups in total. The third-order valence-corrected chi connectivity index (χ3v) is 5.01. The van der Waals surface area contributed by atoms with Crippen molar-refractivity contribution in [2.24, 2.45) is 5.92 Å². The van der Waals surface area contributed by atoms with Crippen molar-refractivity contribution in [2.45, 2.75) is 45.3 Å². The number of nitrogens with one attached hydrogen (secondary N) is 1. The molecule has 1 aliphatic heterocycles. The number of hydrogen-bond acceptors (Lipinski definition) is 3. The minimum atomic E-state index is -0.893. The van der Waals surface area contributed by atoms with Crippen molar-refractivity contribution in [3.63, 3.8) is 0 Å². The van der Waals surface area contributed by atoms with Crippen molar-refractivity contribution in [1.82, 2.24) is 9.55 Å². The molecule has 1 atom stereocenters. The molecule has 0 aliphatic carbocycles. The maximum atomic E-state index is 14.6. The first-order chi connectivity index (χ1) is 12.9. The summed E-state index contributed by atoms with van der Waals surface area (Å²) < 4.78 is 35.9. The molecule has 0 amide bonds. The van der Waals surface area contributed by atoms with Crippen LogP contribution in [0.15, 0.2) is 48.6 Å². The largest absolute Gasteiger partial charge is 0.364 e. The lowest BCUT2D eigenvalue weighted by atomic mass is 9.88. The molecule has 0 spiro atoms. The SMILES string of the molecule is CC(C)C(=N)CCC=C1CO[C@@](Cn2ccnc2)(c2ccc(F)cc2F)C1. The zero-order valence-corrected chi connectivity index (χ0v) is 15.7. The molecule has 2 aromatic rings. The number of benzene rings is 1. The normalized spacial score (nSPS) is 21.3. The molecule has 1 aliphatic rings. The van der Waals surface area contributed by atoms with Gasteiger partial charge >= 0.3 is 0 Å². The molecule has 0 radical (unpaired) electrons. The summed E-state index contributed by atoms with van der Waals surface area (Å²) in [5.74, 6) is -0.954. The molecule has 0 bridgehead atoms. The first kappa shape index (κ1) is 19.4. The van der Waals surface area contributed by atoms with E-state index in [9.17, 15) is 8.78 Å². The van der Waals surface area contributed by atoms with E-state index in [0.717, 1.165) is 23.8 Å². The van der Waals surface area contributed by atoms with Crippen LogP contribution >= 0.6 is 0 Å². The highest BCUT2D eigenvalue weighted by atomic mass is 19.1. The summed E-state index contributed by atoms with van der Waals surface area (Å²) in [6.45, 7) is 4.83. The minimum absolute atomic E-state index is 0.247. The molecule has 1 saturated heterocycles. The topological polar surface area (TPSA) is 50.9 Å². The highest BCUT2D eigenvalue weighted by molar-refractivity contribution is 5.83. The molecule has 1 aromatic heterocycles. The summed E-state index contributed by atoms with van der Waals surface area (Å²) >= 11 is 0. The summed E-state index contributed by atoms with van der Waals surface area (Å²) in [5, 5.41) is 7.95. The van der Waals surface area contributed by atoms with Crippen LogP contribution in [0.2, 0.25) is 0 Å². The second kappa shape index (κ2) is 8.13. The molecule has 4 nitrogen and oxygen atoms in total. The number of aromatic nitrogens is 2. The van der Waals surface area contributed by atoms with Crippen molar-refractivity contribution in [3.8, 4) is 0 Å². The Balaban J connectivity index is 1.83. The van der Waals surface area contributed by atoms with Gasteiger partial charge in [-0.3, -0.25) is 0 Å². The Bertz CT molecular complexity index is 830. The van der Waals surface area contributed by atoms with Crippen molar-refractivity contribution >= 4 is 5.71 Å². The fraction of sp³-hybridized carbons (Fsp3) is 0.429. The van der Waals surface area contributed by atoms with Gasteiger partial charge in [0.2, 0.25) is 0 Å². The number of nitrogens with zero attached hydrogens (tertiary/aromatic N) is 2. The fourth-order valence-electron chi connectivity index (χ4n) is 3.45. The Morgan fingerprint density at radius 3 is 2.89 bits per heavy atom. The Morgan fingerprint density at radius 2 is 2.22 bits per heavy atom. The number of halogens is 2. The van der Waals surface area contributed by atoms with Crippen LogP contribution in [0.5, 0.6) is 0 Å². The molecule has 0 unspecified atom stereocenters. The lowest BCUT2D eigenvalue weighted by Crippen LogP contribution is -2.31. The summed E-state index contributed by atoms with van der Waals surface area (Å²) in [6, 6.07) is 3.64. The van der Waals surface area contributed by atoms with Crippen molar-refractivity contribution in [2.75, 3.05) is 6.61 Å². The van der Waals surface area contributed by atoms with Crippen LogP contribution in [0.1, 0.15) is 38.7 Å². The third-order valence-electron chi connectivity index (χ3n) is 5.01. The van der Waals surface area contributed by atoms with E-state index in [4.69, 9.17) is 10.1 Å². The monoisotopic (exact) mass is 373 g/mol. The van der Waals surface area contributed by atoms with Gasteiger partial charge in [-0.1, -0.05) is 26.0 Å². The predicted molar refractivity (Wildman–Crippen MR) is 101 cm³/mol. The molecule has 3 rings (SSSR count). The van der Waals surface area contributed by atoms with Crippen LogP contribution in [0.25, 0.3) is 0 Å². The van der Waals surface area contributed by atoms with Gasteiger partial charge in [-0.25, -0.2) is 13.8 Å². The van der Waals surface area contributed by atoms with E-state index in [0.29, 0.717) is 31.6 Å². The average Bonchev–Trinajstić information content (AvgIpc) is 3.25. The molecule has 6 heteroatoms. The number of ether oxygens (including phenoxy) is 1. The second-order valence-corrected chi connectivity index (χ2v) is 7.40. The molecule has 1 fully saturated rings. The van der Waals surface area contributed by atoms with E-state index in [1.807, 2.05) is 18.4 Å². The third kappa shape index (κ3) is 4.50. The molecule has 1 aromatic carbocycles. The van der Waals surface area contributed by atoms with Crippen LogP contribution < -0.4 is 0 Å². The van der Waals surface area contributed by atoms with Crippen molar-refractivity contribution in [1.29, 1.82) is 5.41 Å². The Hall–Kier alpha value is -2.34. The standard InChI is InChI=1S/C21H25F2N3O/c1-15(2)20(24)5-3-4-16-11-21(27-12-16,13-26-9-8-25-14-26)18-7-6-17(22)10-19(18)23/h4,6-10,14-15,24H,3,5,11-13H2,1-2H3/t21-/m0/s1. The summed E-state index contributed by atoms with van der Waals surface area (Å²) in [6.07, 6.45) is 9.23. The zero-order chi connectivity index (χ0) is 19.4. The van der Waals surface area contributed by atoms with Crippen LogP contribution in [0.4, 0.5) is 8.78 Å². The van der Waals surface area contributed by atoms with E-state index < -0.39 is 17.2 Å². The predicted octanol–water partition coefficient (Wildman–Crippen LogP) is 4.86. The summed E-state index contributed by atoms with van der Waals surface area (Å²) in [4.78, 5) is 4.05. The minimum Gasteiger partial charge on any atom is -0.364 e. The number of imidazole rings is 1. The molecular formula is C21H25F2N3O. The second-order valence-electron chi connectivity index (χ2n) is 7.40. The van der Waals surface area contributed by atoms with E-state index in [-0.39, 0.29) is 5.92 Å². The lowest BCUT2D eigenvalue weighted by molar-refractivity contribution is -0.0166. The smallest absolute Gasteiger partial charge is 0.132 e. The lowest BCUT2D eigenvalue weighted by Gasteiger charge is -2.29. The van der Waals surface area contributed by atoms with Crippen LogP contribution in [-0.4, -0.2) is 21.9 Å². The first-order valence-corrected chi connectivity index (χ1v) is 9.20. The van der Waals surface area contributed by atoms with Crippen molar-refractivity contribution in [3.05, 3.63) is 65.8 Å². The van der Waals surface area contributed by atoms with Crippen LogP contribution in [-0.2, 0) is 16.9 Å². The Kier molecular flexibility index (Phi) is 5.85. The highest BCUT2D eigenvalue weighted by Gasteiger charge is 2.41. The van der Waals surface area contributed by atoms with Crippen LogP contribution in [0, 0.1) is 23.0 Å². The molecular weight excluding hydrogens is 348 g/mol. The highest BCUT2D eigenvalue weighted by Crippen LogP contribution is 2.41. The van der Waals surface area contributed by atoms with Crippen LogP contribution in [0.3, 0.4) is 0 Å². The van der Waals surface area contributed by atoms with Gasteiger partial charge in [-0.2, -0.15) is 0 Å². The van der Waals surface area contributed by atoms with Gasteiger partial charge in [0.1, 0.15) is 17.2 Å². The van der Waals surface area contributed by atoms with Gasteiger partial charge in [-0.05, 0) is 30.4 Å². The number of allylic oxidation sites excluding steroid dienone is 1. The van der Waals surface area contributed by atoms with E-state index in [1.165, 1.54) is 12.1 Å². The van der Waals surface area contributed by atoms with Crippen molar-refractivity contribution < 1.29 is 13.5 Å². The number of rotatable bonds is 7. The number of hydrogen-bond donors (Lipinski definition) is 1. The maximum Gasteiger partial charge on any atom is 0.132 e. The quantitative estimate of drug-likeness (QED) is 0.557. The average molecular weight is 373 g/mol. The molecule has 2 heterocycles. The molecule has 0 saturated carbocycles. The van der Waals surface area contributed by atoms with Gasteiger partial charge in [-0.15, -0.1) is 0 Å². The van der Waals surface area contributed by atoms with E-state index in [2.05, 4.69) is 11.1 Å². The van der Waals surface area contributed by atoms with Gasteiger partial charge in [0.25, 0.3) is 0 Å². The van der Waals surface area contributed by atoms with Gasteiger partial charge in [0, 0.05) is 36.2 Å². The molecule has 144 valence electrons. The Labute approximate surface area is 158 Å². The first-order valence-electron chi connectivity index (χ1n) is 9.20. The maximum absolute atomic E-state index is 14.6. The Morgan fingerprint density at radius 1 is 1.41 bits per heavy atom. The van der Waals surface area contributed by atoms with E-state index >= 15 is 0 Å². The zero-order valence-electron chi connectivity index (χ0n) is 15.7. The molecule has 27 heavy (non-hydrogen) atoms. The fourth-order valence-corrected chi connectivity index (χ4v) is 3.45. The van der Waals surface area contributed by atoms with Gasteiger partial charge < -0.3 is 14.7 Å².